The van der Waals surface area contributed by atoms with Crippen molar-refractivity contribution in [1.29, 1.82) is 0 Å². The molecule has 4 rings (SSSR count). The van der Waals surface area contributed by atoms with Gasteiger partial charge in [0.2, 0.25) is 0 Å². The molecule has 1 N–H and O–H groups in total. The van der Waals surface area contributed by atoms with E-state index in [1.165, 1.54) is 12.1 Å². The van der Waals surface area contributed by atoms with Crippen LogP contribution in [0, 0.1) is 0 Å². The summed E-state index contributed by atoms with van der Waals surface area (Å²) >= 11 is 6.14. The molecule has 3 aromatic rings. The molecule has 1 heterocycles. The monoisotopic (exact) mass is 543 g/mol. The number of halogens is 4. The number of anilines is 1. The molecule has 4 bridgehead atoms. The van der Waals surface area contributed by atoms with Crippen molar-refractivity contribution in [3.63, 3.8) is 0 Å². The number of cyclic esters (lactones) is 1. The minimum Gasteiger partial charge on any atom is -0.494 e. The summed E-state index contributed by atoms with van der Waals surface area (Å²) in [7, 11) is -3.52. The minimum atomic E-state index is -5.11. The number of benzene rings is 3. The zero-order valence-corrected chi connectivity index (χ0v) is 20.0. The molecule has 0 saturated carbocycles. The van der Waals surface area contributed by atoms with Crippen molar-refractivity contribution < 1.29 is 45.3 Å². The molecule has 1 aliphatic rings. The second-order valence-corrected chi connectivity index (χ2v) is 9.39. The number of nitrogens with one attached hydrogen (secondary N) is 1. The van der Waals surface area contributed by atoms with Crippen LogP contribution in [-0.2, 0) is 14.8 Å². The Kier molecular flexibility index (Phi) is 6.92. The molecule has 0 unspecified atom stereocenters. The maximum atomic E-state index is 13.3. The lowest BCUT2D eigenvalue weighted by molar-refractivity contribution is -0.274. The van der Waals surface area contributed by atoms with Gasteiger partial charge in [0.25, 0.3) is 10.0 Å². The van der Waals surface area contributed by atoms with Crippen molar-refractivity contribution in [2.75, 3.05) is 25.0 Å². The largest absolute Gasteiger partial charge is 0.573 e. The highest BCUT2D eigenvalue weighted by Crippen LogP contribution is 2.40. The fourth-order valence-electron chi connectivity index (χ4n) is 3.47. The van der Waals surface area contributed by atoms with Crippen LogP contribution >= 0.6 is 11.6 Å². The van der Waals surface area contributed by atoms with Gasteiger partial charge in [-0.1, -0.05) is 35.9 Å². The number of alkyl halides is 3. The lowest BCUT2D eigenvalue weighted by Gasteiger charge is -2.18. The molecule has 0 atom stereocenters. The highest BCUT2D eigenvalue weighted by molar-refractivity contribution is 7.92. The molecule has 0 saturated heterocycles. The quantitative estimate of drug-likeness (QED) is 0.440. The Bertz CT molecular complexity index is 1430. The van der Waals surface area contributed by atoms with Crippen molar-refractivity contribution in [1.82, 2.24) is 0 Å². The maximum Gasteiger partial charge on any atom is 0.573 e. The topological polar surface area (TPSA) is 100 Å². The summed E-state index contributed by atoms with van der Waals surface area (Å²) in [6.45, 7) is -0.237. The molecule has 8 nitrogen and oxygen atoms in total. The van der Waals surface area contributed by atoms with E-state index in [0.29, 0.717) is 16.9 Å². The van der Waals surface area contributed by atoms with Crippen LogP contribution in [0.4, 0.5) is 18.9 Å². The SMILES string of the molecule is COc1c(Cl)cc2cc1S(=O)(=O)Nc1cc(ccc1OC(F)(F)F)-c1ccccc1OCCOC2=O. The molecule has 0 fully saturated rings. The molecule has 0 radical (unpaired) electrons. The molecule has 36 heavy (non-hydrogen) atoms. The summed E-state index contributed by atoms with van der Waals surface area (Å²) < 4.78 is 88.0. The number of rotatable bonds is 2. The molecular weight excluding hydrogens is 527 g/mol. The highest BCUT2D eigenvalue weighted by atomic mass is 35.5. The molecule has 0 amide bonds. The summed E-state index contributed by atoms with van der Waals surface area (Å²) in [6.07, 6.45) is -5.11. The fourth-order valence-corrected chi connectivity index (χ4v) is 5.11. The van der Waals surface area contributed by atoms with Gasteiger partial charge in [-0.15, -0.1) is 13.2 Å². The summed E-state index contributed by atoms with van der Waals surface area (Å²) in [4.78, 5) is 12.0. The van der Waals surface area contributed by atoms with Crippen LogP contribution in [-0.4, -0.2) is 41.1 Å². The van der Waals surface area contributed by atoms with E-state index >= 15 is 0 Å². The molecule has 190 valence electrons. The van der Waals surface area contributed by atoms with Crippen molar-refractivity contribution >= 4 is 33.3 Å². The van der Waals surface area contributed by atoms with Gasteiger partial charge in [-0.05, 0) is 35.9 Å². The Balaban J connectivity index is 1.94. The average molecular weight is 544 g/mol. The van der Waals surface area contributed by atoms with E-state index in [9.17, 15) is 26.4 Å². The number of carbonyl (C=O) groups is 1. The van der Waals surface area contributed by atoms with Crippen LogP contribution in [0.25, 0.3) is 11.1 Å². The number of sulfonamides is 1. The molecular formula is C23H17ClF3NO7S. The summed E-state index contributed by atoms with van der Waals surface area (Å²) in [5, 5.41) is -0.235. The Labute approximate surface area is 208 Å². The smallest absolute Gasteiger partial charge is 0.494 e. The normalized spacial score (nSPS) is 15.2. The minimum absolute atomic E-state index is 0.0574. The van der Waals surface area contributed by atoms with Crippen molar-refractivity contribution in [3.05, 3.63) is 65.2 Å². The van der Waals surface area contributed by atoms with Crippen molar-refractivity contribution in [3.8, 4) is 28.4 Å². The third-order valence-electron chi connectivity index (χ3n) is 4.96. The summed E-state index contributed by atoms with van der Waals surface area (Å²) in [6, 6.07) is 12.1. The average Bonchev–Trinajstić information content (AvgIpc) is 2.81. The van der Waals surface area contributed by atoms with Crippen LogP contribution < -0.4 is 18.9 Å². The second-order valence-electron chi connectivity index (χ2n) is 7.33. The van der Waals surface area contributed by atoms with Gasteiger partial charge in [-0.2, -0.15) is 0 Å². The zero-order chi connectivity index (χ0) is 26.1. The standard InChI is InChI=1S/C23H17ClF3NO7S/c1-32-21-16(24)10-14-12-20(21)36(30,31)28-17-11-13(6-7-19(17)35-23(25,26)27)15-4-2-3-5-18(15)33-8-9-34-22(14)29/h2-7,10-12,28H,8-9H2,1H3. The van der Waals surface area contributed by atoms with Gasteiger partial charge in [0.05, 0.1) is 23.4 Å². The van der Waals surface area contributed by atoms with Gasteiger partial charge in [-0.3, -0.25) is 4.72 Å². The third-order valence-corrected chi connectivity index (χ3v) is 6.61. The Morgan fingerprint density at radius 3 is 2.44 bits per heavy atom. The van der Waals surface area contributed by atoms with Gasteiger partial charge in [0, 0.05) is 5.56 Å². The first-order valence-electron chi connectivity index (χ1n) is 10.2. The van der Waals surface area contributed by atoms with Gasteiger partial charge in [0.1, 0.15) is 23.9 Å². The molecule has 0 aliphatic carbocycles. The van der Waals surface area contributed by atoms with Gasteiger partial charge < -0.3 is 18.9 Å². The number of ether oxygens (including phenoxy) is 4. The van der Waals surface area contributed by atoms with Crippen molar-refractivity contribution in [2.45, 2.75) is 11.3 Å². The fraction of sp³-hybridized carbons (Fsp3) is 0.174. The van der Waals surface area contributed by atoms with E-state index < -0.39 is 38.7 Å². The van der Waals surface area contributed by atoms with Crippen LogP contribution in [0.3, 0.4) is 0 Å². The van der Waals surface area contributed by atoms with Crippen LogP contribution in [0.15, 0.2) is 59.5 Å². The van der Waals surface area contributed by atoms with Gasteiger partial charge in [-0.25, -0.2) is 13.2 Å². The van der Waals surface area contributed by atoms with Gasteiger partial charge in [0.15, 0.2) is 11.5 Å². The van der Waals surface area contributed by atoms with Crippen LogP contribution in [0.2, 0.25) is 5.02 Å². The van der Waals surface area contributed by atoms with E-state index in [2.05, 4.69) is 9.46 Å². The Morgan fingerprint density at radius 1 is 1.00 bits per heavy atom. The first-order valence-corrected chi connectivity index (χ1v) is 12.0. The van der Waals surface area contributed by atoms with E-state index in [4.69, 9.17) is 25.8 Å². The molecule has 3 aromatic carbocycles. The summed E-state index contributed by atoms with van der Waals surface area (Å²) in [5.41, 5.74) is 0.0138. The predicted molar refractivity (Wildman–Crippen MR) is 123 cm³/mol. The highest BCUT2D eigenvalue weighted by Gasteiger charge is 2.34. The molecule has 1 aliphatic heterocycles. The number of esters is 1. The number of methoxy groups -OCH3 is 1. The number of fused-ring (bicyclic) bond motifs is 6. The molecule has 0 aromatic heterocycles. The Morgan fingerprint density at radius 2 is 1.72 bits per heavy atom. The zero-order valence-electron chi connectivity index (χ0n) is 18.4. The number of carbonyl (C=O) groups excluding carboxylic acids is 1. The van der Waals surface area contributed by atoms with E-state index in [0.717, 1.165) is 25.3 Å². The van der Waals surface area contributed by atoms with E-state index in [1.807, 2.05) is 0 Å². The molecule has 13 heteroatoms. The first-order chi connectivity index (χ1) is 17.0. The summed E-state index contributed by atoms with van der Waals surface area (Å²) in [5.74, 6) is -1.71. The number of hydrogen-bond donors (Lipinski definition) is 1. The predicted octanol–water partition coefficient (Wildman–Crippen LogP) is 5.26. The Hall–Kier alpha value is -3.64. The van der Waals surface area contributed by atoms with Crippen molar-refractivity contribution in [2.24, 2.45) is 0 Å². The second kappa shape index (κ2) is 9.78. The lowest BCUT2D eigenvalue weighted by Crippen LogP contribution is -2.20. The van der Waals surface area contributed by atoms with E-state index in [-0.39, 0.29) is 29.5 Å². The first kappa shape index (κ1) is 25.5. The third kappa shape index (κ3) is 5.44. The van der Waals surface area contributed by atoms with Gasteiger partial charge >= 0.3 is 12.3 Å². The maximum absolute atomic E-state index is 13.3. The molecule has 0 spiro atoms. The van der Waals surface area contributed by atoms with Crippen LogP contribution in [0.1, 0.15) is 10.4 Å². The van der Waals surface area contributed by atoms with Crippen LogP contribution in [0.5, 0.6) is 17.2 Å². The number of hydrogen-bond acceptors (Lipinski definition) is 7. The van der Waals surface area contributed by atoms with E-state index in [1.54, 1.807) is 24.3 Å². The lowest BCUT2D eigenvalue weighted by atomic mass is 10.0. The number of para-hydroxylation sites is 1.